The molecule has 1 fully saturated rings. The van der Waals surface area contributed by atoms with Crippen LogP contribution in [0.25, 0.3) is 5.69 Å². The Labute approximate surface area is 216 Å². The van der Waals surface area contributed by atoms with Crippen LogP contribution >= 0.6 is 23.8 Å². The van der Waals surface area contributed by atoms with Crippen LogP contribution in [0.2, 0.25) is 5.02 Å². The summed E-state index contributed by atoms with van der Waals surface area (Å²) in [6, 6.07) is 22.3. The highest BCUT2D eigenvalue weighted by Crippen LogP contribution is 2.44. The van der Waals surface area contributed by atoms with Crippen LogP contribution in [0.3, 0.4) is 0 Å². The predicted molar refractivity (Wildman–Crippen MR) is 146 cm³/mol. The summed E-state index contributed by atoms with van der Waals surface area (Å²) in [4.78, 5) is 6.81. The number of thiocarbonyl (C=S) groups is 1. The van der Waals surface area contributed by atoms with Gasteiger partial charge in [0.25, 0.3) is 0 Å². The standard InChI is InChI=1S/C28H27ClN4OS/c1-17-8-7-9-20(14-17)32-18(2)15-22(19(32)3)27-26(24-10-5-6-13-30-24)31-28(35)33(27)21-11-12-25(34-4)23(29)16-21/h5-16,26-27H,1-4H3,(H,31,35)/t26-,27+/m0/s1. The Kier molecular flexibility index (Phi) is 6.26. The van der Waals surface area contributed by atoms with E-state index in [0.717, 1.165) is 28.5 Å². The van der Waals surface area contributed by atoms with Gasteiger partial charge in [0.1, 0.15) is 5.75 Å². The van der Waals surface area contributed by atoms with E-state index in [0.29, 0.717) is 15.9 Å². The Morgan fingerprint density at radius 1 is 0.971 bits per heavy atom. The van der Waals surface area contributed by atoms with Crippen LogP contribution < -0.4 is 15.0 Å². The second-order valence-corrected chi connectivity index (χ2v) is 9.61. The van der Waals surface area contributed by atoms with Crippen LogP contribution in [0, 0.1) is 20.8 Å². The molecule has 0 bridgehead atoms. The smallest absolute Gasteiger partial charge is 0.174 e. The summed E-state index contributed by atoms with van der Waals surface area (Å²) in [5, 5.41) is 4.70. The average Bonchev–Trinajstić information content (AvgIpc) is 3.34. The zero-order chi connectivity index (χ0) is 24.7. The van der Waals surface area contributed by atoms with Gasteiger partial charge in [0, 0.05) is 29.0 Å². The Bertz CT molecular complexity index is 1400. The molecule has 1 saturated heterocycles. The molecule has 1 N–H and O–H groups in total. The largest absolute Gasteiger partial charge is 0.495 e. The van der Waals surface area contributed by atoms with Crippen molar-refractivity contribution in [1.29, 1.82) is 0 Å². The van der Waals surface area contributed by atoms with Gasteiger partial charge in [-0.3, -0.25) is 4.98 Å². The van der Waals surface area contributed by atoms with E-state index < -0.39 is 0 Å². The van der Waals surface area contributed by atoms with Gasteiger partial charge in [-0.2, -0.15) is 0 Å². The fourth-order valence-corrected chi connectivity index (χ4v) is 5.60. The lowest BCUT2D eigenvalue weighted by Gasteiger charge is -2.28. The number of aromatic nitrogens is 2. The van der Waals surface area contributed by atoms with Crippen molar-refractivity contribution in [2.45, 2.75) is 32.9 Å². The predicted octanol–water partition coefficient (Wildman–Crippen LogP) is 6.64. The van der Waals surface area contributed by atoms with Crippen molar-refractivity contribution < 1.29 is 4.74 Å². The fourth-order valence-electron chi connectivity index (χ4n) is 5.01. The number of ether oxygens (including phenoxy) is 1. The van der Waals surface area contributed by atoms with Gasteiger partial charge in [-0.25, -0.2) is 0 Å². The number of benzene rings is 2. The second-order valence-electron chi connectivity index (χ2n) is 8.82. The maximum Gasteiger partial charge on any atom is 0.174 e. The molecule has 5 nitrogen and oxygen atoms in total. The first-order valence-corrected chi connectivity index (χ1v) is 12.3. The Hall–Kier alpha value is -3.35. The summed E-state index contributed by atoms with van der Waals surface area (Å²) in [6.45, 7) is 6.43. The van der Waals surface area contributed by atoms with Crippen molar-refractivity contribution in [2.75, 3.05) is 12.0 Å². The quantitative estimate of drug-likeness (QED) is 0.310. The number of aryl methyl sites for hydroxylation is 2. The van der Waals surface area contributed by atoms with E-state index in [4.69, 9.17) is 28.6 Å². The molecule has 2 atom stereocenters. The van der Waals surface area contributed by atoms with Crippen LogP contribution in [-0.4, -0.2) is 21.8 Å². The van der Waals surface area contributed by atoms with Crippen molar-refractivity contribution >= 4 is 34.6 Å². The number of nitrogens with one attached hydrogen (secondary N) is 1. The molecule has 5 rings (SSSR count). The number of hydrogen-bond donors (Lipinski definition) is 1. The van der Waals surface area contributed by atoms with Gasteiger partial charge >= 0.3 is 0 Å². The van der Waals surface area contributed by atoms with E-state index in [1.807, 2.05) is 42.6 Å². The molecular weight excluding hydrogens is 476 g/mol. The van der Waals surface area contributed by atoms with Crippen LogP contribution in [0.15, 0.2) is 72.9 Å². The molecule has 1 aliphatic rings. The highest BCUT2D eigenvalue weighted by atomic mass is 35.5. The third kappa shape index (κ3) is 4.17. The van der Waals surface area contributed by atoms with Gasteiger partial charge in [0.2, 0.25) is 0 Å². The van der Waals surface area contributed by atoms with E-state index >= 15 is 0 Å². The fraction of sp³-hybridized carbons (Fsp3) is 0.214. The van der Waals surface area contributed by atoms with E-state index in [1.165, 1.54) is 11.1 Å². The SMILES string of the molecule is COc1ccc(N2C(=S)N[C@@H](c3ccccn3)[C@H]2c2cc(C)n(-c3cccc(C)c3)c2C)cc1Cl. The van der Waals surface area contributed by atoms with Gasteiger partial charge < -0.3 is 19.5 Å². The van der Waals surface area contributed by atoms with E-state index in [2.05, 4.69) is 70.9 Å². The molecule has 3 heterocycles. The highest BCUT2D eigenvalue weighted by Gasteiger charge is 2.42. The summed E-state index contributed by atoms with van der Waals surface area (Å²) < 4.78 is 7.68. The minimum Gasteiger partial charge on any atom is -0.495 e. The topological polar surface area (TPSA) is 42.3 Å². The Balaban J connectivity index is 1.68. The number of anilines is 1. The summed E-state index contributed by atoms with van der Waals surface area (Å²) in [5.74, 6) is 0.629. The zero-order valence-corrected chi connectivity index (χ0v) is 21.7. The lowest BCUT2D eigenvalue weighted by atomic mass is 9.96. The van der Waals surface area contributed by atoms with Gasteiger partial charge in [-0.1, -0.05) is 29.8 Å². The summed E-state index contributed by atoms with van der Waals surface area (Å²) >= 11 is 12.4. The first kappa shape index (κ1) is 23.4. The van der Waals surface area contributed by atoms with Crippen LogP contribution in [-0.2, 0) is 0 Å². The van der Waals surface area contributed by atoms with Crippen molar-refractivity contribution in [1.82, 2.24) is 14.9 Å². The maximum absolute atomic E-state index is 6.53. The van der Waals surface area contributed by atoms with Gasteiger partial charge in [-0.05, 0) is 92.6 Å². The summed E-state index contributed by atoms with van der Waals surface area (Å²) in [5.41, 5.74) is 7.70. The molecule has 2 aromatic heterocycles. The third-order valence-corrected chi connectivity index (χ3v) is 7.17. The minimum atomic E-state index is -0.129. The summed E-state index contributed by atoms with van der Waals surface area (Å²) in [7, 11) is 1.61. The number of pyridine rings is 1. The van der Waals surface area contributed by atoms with E-state index in [9.17, 15) is 0 Å². The van der Waals surface area contributed by atoms with Crippen LogP contribution in [0.5, 0.6) is 5.75 Å². The van der Waals surface area contributed by atoms with Crippen LogP contribution in [0.4, 0.5) is 5.69 Å². The van der Waals surface area contributed by atoms with Crippen molar-refractivity contribution in [3.8, 4) is 11.4 Å². The third-order valence-electron chi connectivity index (χ3n) is 6.56. The van der Waals surface area contributed by atoms with Crippen molar-refractivity contribution in [3.05, 3.63) is 106 Å². The number of hydrogen-bond acceptors (Lipinski definition) is 3. The Morgan fingerprint density at radius 2 is 1.80 bits per heavy atom. The van der Waals surface area contributed by atoms with E-state index in [1.54, 1.807) is 7.11 Å². The van der Waals surface area contributed by atoms with Crippen molar-refractivity contribution in [3.63, 3.8) is 0 Å². The van der Waals surface area contributed by atoms with Gasteiger partial charge in [-0.15, -0.1) is 0 Å². The average molecular weight is 503 g/mol. The molecule has 0 radical (unpaired) electrons. The van der Waals surface area contributed by atoms with E-state index in [-0.39, 0.29) is 12.1 Å². The molecule has 1 aliphatic heterocycles. The lowest BCUT2D eigenvalue weighted by molar-refractivity contribution is 0.415. The number of rotatable bonds is 5. The molecule has 4 aromatic rings. The highest BCUT2D eigenvalue weighted by molar-refractivity contribution is 7.80. The Morgan fingerprint density at radius 3 is 2.49 bits per heavy atom. The number of halogens is 1. The summed E-state index contributed by atoms with van der Waals surface area (Å²) in [6.07, 6.45) is 1.82. The first-order valence-electron chi connectivity index (χ1n) is 11.5. The molecule has 0 saturated carbocycles. The maximum atomic E-state index is 6.53. The van der Waals surface area contributed by atoms with Gasteiger partial charge in [0.05, 0.1) is 29.9 Å². The molecule has 2 aromatic carbocycles. The molecular formula is C28H27ClN4OS. The van der Waals surface area contributed by atoms with Crippen LogP contribution in [0.1, 0.15) is 40.3 Å². The normalized spacial score (nSPS) is 17.5. The molecule has 178 valence electrons. The molecule has 0 aliphatic carbocycles. The molecule has 0 spiro atoms. The lowest BCUT2D eigenvalue weighted by Crippen LogP contribution is -2.29. The monoisotopic (exact) mass is 502 g/mol. The van der Waals surface area contributed by atoms with Crippen molar-refractivity contribution in [2.24, 2.45) is 0 Å². The number of methoxy groups -OCH3 is 1. The minimum absolute atomic E-state index is 0.119. The molecule has 35 heavy (non-hydrogen) atoms. The first-order chi connectivity index (χ1) is 16.9. The molecule has 7 heteroatoms. The number of nitrogens with zero attached hydrogens (tertiary/aromatic N) is 3. The molecule has 0 amide bonds. The molecule has 0 unspecified atom stereocenters. The van der Waals surface area contributed by atoms with Gasteiger partial charge in [0.15, 0.2) is 5.11 Å². The second kappa shape index (κ2) is 9.36. The zero-order valence-electron chi connectivity index (χ0n) is 20.1.